The van der Waals surface area contributed by atoms with Gasteiger partial charge in [0.05, 0.1) is 12.1 Å². The van der Waals surface area contributed by atoms with Gasteiger partial charge in [0, 0.05) is 29.7 Å². The number of thioether (sulfide) groups is 1. The monoisotopic (exact) mass is 325 g/mol. The van der Waals surface area contributed by atoms with Crippen LogP contribution in [-0.4, -0.2) is 17.2 Å². The van der Waals surface area contributed by atoms with Crippen molar-refractivity contribution in [2.45, 2.75) is 11.3 Å². The molecule has 5 nitrogen and oxygen atoms in total. The predicted octanol–water partition coefficient (Wildman–Crippen LogP) is 2.88. The molecule has 0 saturated heterocycles. The number of rotatable bonds is 5. The first-order chi connectivity index (χ1) is 11.2. The Kier molecular flexibility index (Phi) is 4.43. The fourth-order valence-corrected chi connectivity index (χ4v) is 3.41. The Morgan fingerprint density at radius 1 is 1.30 bits per heavy atom. The van der Waals surface area contributed by atoms with Crippen LogP contribution < -0.4 is 10.6 Å². The number of pyridine rings is 1. The Balaban J connectivity index is 1.79. The number of anilines is 1. The molecule has 0 spiro atoms. The topological polar surface area (TPSA) is 71.1 Å². The first-order valence-electron chi connectivity index (χ1n) is 7.09. The molecule has 23 heavy (non-hydrogen) atoms. The van der Waals surface area contributed by atoms with E-state index in [9.17, 15) is 9.59 Å². The van der Waals surface area contributed by atoms with Gasteiger partial charge < -0.3 is 10.6 Å². The largest absolute Gasteiger partial charge is 0.372 e. The number of nitrogens with zero attached hydrogens (tertiary/aromatic N) is 1. The minimum absolute atomic E-state index is 0.174. The molecule has 0 fully saturated rings. The Bertz CT molecular complexity index is 739. The van der Waals surface area contributed by atoms with E-state index in [1.54, 1.807) is 36.7 Å². The molecule has 1 aliphatic rings. The summed E-state index contributed by atoms with van der Waals surface area (Å²) in [7, 11) is 0. The number of benzene rings is 1. The standard InChI is InChI=1S/C17H15N3O2S/c21-12-13-4-1-2-6-15(13)20-16(22)10-17(19-8-9-23-17)14-5-3-7-18-11-14/h1-9,11-12,19H,10H2,(H,20,22). The van der Waals surface area contributed by atoms with Gasteiger partial charge in [-0.25, -0.2) is 0 Å². The van der Waals surface area contributed by atoms with E-state index >= 15 is 0 Å². The SMILES string of the molecule is O=Cc1ccccc1NC(=O)CC1(c2cccnc2)NC=CS1. The molecule has 2 aromatic rings. The molecule has 116 valence electrons. The van der Waals surface area contributed by atoms with E-state index in [0.717, 1.165) is 11.8 Å². The molecule has 3 rings (SSSR count). The maximum Gasteiger partial charge on any atom is 0.228 e. The zero-order valence-corrected chi connectivity index (χ0v) is 13.0. The maximum absolute atomic E-state index is 12.5. The average Bonchev–Trinajstić information content (AvgIpc) is 3.06. The first-order valence-corrected chi connectivity index (χ1v) is 7.96. The fraction of sp³-hybridized carbons (Fsp3) is 0.118. The lowest BCUT2D eigenvalue weighted by Gasteiger charge is -2.28. The molecule has 1 aromatic carbocycles. The van der Waals surface area contributed by atoms with Crippen LogP contribution in [0.2, 0.25) is 0 Å². The summed E-state index contributed by atoms with van der Waals surface area (Å²) in [6.45, 7) is 0. The van der Waals surface area contributed by atoms with Crippen LogP contribution in [0.5, 0.6) is 0 Å². The molecule has 0 saturated carbocycles. The highest BCUT2D eigenvalue weighted by Gasteiger charge is 2.36. The third-order valence-corrected chi connectivity index (χ3v) is 4.73. The van der Waals surface area contributed by atoms with Gasteiger partial charge >= 0.3 is 0 Å². The van der Waals surface area contributed by atoms with E-state index in [0.29, 0.717) is 11.3 Å². The molecule has 0 bridgehead atoms. The van der Waals surface area contributed by atoms with Crippen molar-refractivity contribution in [1.82, 2.24) is 10.3 Å². The van der Waals surface area contributed by atoms with Crippen LogP contribution in [0.25, 0.3) is 0 Å². The molecule has 1 amide bonds. The highest BCUT2D eigenvalue weighted by molar-refractivity contribution is 8.03. The van der Waals surface area contributed by atoms with Crippen LogP contribution >= 0.6 is 11.8 Å². The van der Waals surface area contributed by atoms with E-state index < -0.39 is 4.87 Å². The third-order valence-electron chi connectivity index (χ3n) is 3.55. The Hall–Kier alpha value is -2.60. The average molecular weight is 325 g/mol. The smallest absolute Gasteiger partial charge is 0.228 e. The van der Waals surface area contributed by atoms with Gasteiger partial charge in [0.1, 0.15) is 4.87 Å². The number of aldehydes is 1. The maximum atomic E-state index is 12.5. The molecular weight excluding hydrogens is 310 g/mol. The predicted molar refractivity (Wildman–Crippen MR) is 90.9 cm³/mol. The van der Waals surface area contributed by atoms with Crippen LogP contribution in [0, 0.1) is 0 Å². The third kappa shape index (κ3) is 3.27. The summed E-state index contributed by atoms with van der Waals surface area (Å²) in [4.78, 5) is 27.1. The van der Waals surface area contributed by atoms with Crippen molar-refractivity contribution in [3.8, 4) is 0 Å². The lowest BCUT2D eigenvalue weighted by Crippen LogP contribution is -2.37. The second-order valence-corrected chi connectivity index (χ2v) is 6.27. The van der Waals surface area contributed by atoms with E-state index in [4.69, 9.17) is 0 Å². The molecule has 1 aromatic heterocycles. The van der Waals surface area contributed by atoms with Gasteiger partial charge in [-0.05, 0) is 23.6 Å². The van der Waals surface area contributed by atoms with Crippen molar-refractivity contribution >= 4 is 29.6 Å². The van der Waals surface area contributed by atoms with Crippen LogP contribution in [-0.2, 0) is 9.67 Å². The molecule has 6 heteroatoms. The molecule has 1 aliphatic heterocycles. The highest BCUT2D eigenvalue weighted by atomic mass is 32.2. The lowest BCUT2D eigenvalue weighted by atomic mass is 10.0. The lowest BCUT2D eigenvalue weighted by molar-refractivity contribution is -0.116. The minimum atomic E-state index is -0.575. The van der Waals surface area contributed by atoms with Gasteiger partial charge in [0.15, 0.2) is 6.29 Å². The molecule has 2 N–H and O–H groups in total. The summed E-state index contributed by atoms with van der Waals surface area (Å²) in [6, 6.07) is 10.7. The molecule has 1 atom stereocenters. The fourth-order valence-electron chi connectivity index (χ4n) is 2.43. The van der Waals surface area contributed by atoms with Crippen molar-refractivity contribution in [3.05, 3.63) is 71.5 Å². The molecule has 0 aliphatic carbocycles. The van der Waals surface area contributed by atoms with Gasteiger partial charge in [-0.15, -0.1) is 0 Å². The minimum Gasteiger partial charge on any atom is -0.372 e. The summed E-state index contributed by atoms with van der Waals surface area (Å²) in [6.07, 6.45) is 6.22. The Morgan fingerprint density at radius 2 is 2.17 bits per heavy atom. The van der Waals surface area contributed by atoms with Crippen LogP contribution in [0.3, 0.4) is 0 Å². The number of para-hydroxylation sites is 1. The van der Waals surface area contributed by atoms with Crippen molar-refractivity contribution in [2.24, 2.45) is 0 Å². The number of amides is 1. The summed E-state index contributed by atoms with van der Waals surface area (Å²) in [5, 5.41) is 7.97. The van der Waals surface area contributed by atoms with Crippen LogP contribution in [0.1, 0.15) is 22.3 Å². The molecule has 1 unspecified atom stereocenters. The summed E-state index contributed by atoms with van der Waals surface area (Å²) in [5.74, 6) is -0.174. The zero-order chi connectivity index (χ0) is 16.1. The van der Waals surface area contributed by atoms with E-state index in [2.05, 4.69) is 15.6 Å². The van der Waals surface area contributed by atoms with Gasteiger partial charge in [-0.1, -0.05) is 30.0 Å². The summed E-state index contributed by atoms with van der Waals surface area (Å²) >= 11 is 1.53. The quantitative estimate of drug-likeness (QED) is 0.827. The highest BCUT2D eigenvalue weighted by Crippen LogP contribution is 2.41. The van der Waals surface area contributed by atoms with Crippen molar-refractivity contribution < 1.29 is 9.59 Å². The first kappa shape index (κ1) is 15.3. The summed E-state index contributed by atoms with van der Waals surface area (Å²) in [5.41, 5.74) is 1.90. The van der Waals surface area contributed by atoms with E-state index in [1.807, 2.05) is 23.7 Å². The number of carbonyl (C=O) groups excluding carboxylic acids is 2. The molecule has 2 heterocycles. The Morgan fingerprint density at radius 3 is 2.87 bits per heavy atom. The number of hydrogen-bond donors (Lipinski definition) is 2. The van der Waals surface area contributed by atoms with Crippen LogP contribution in [0.15, 0.2) is 60.4 Å². The number of nitrogens with one attached hydrogen (secondary N) is 2. The van der Waals surface area contributed by atoms with Gasteiger partial charge in [-0.2, -0.15) is 0 Å². The Labute approximate surface area is 138 Å². The second-order valence-electron chi connectivity index (χ2n) is 5.06. The second kappa shape index (κ2) is 6.66. The molecule has 0 radical (unpaired) electrons. The van der Waals surface area contributed by atoms with Gasteiger partial charge in [-0.3, -0.25) is 14.6 Å². The normalized spacial score (nSPS) is 19.1. The van der Waals surface area contributed by atoms with Crippen LogP contribution in [0.4, 0.5) is 5.69 Å². The van der Waals surface area contributed by atoms with Gasteiger partial charge in [0.2, 0.25) is 5.91 Å². The summed E-state index contributed by atoms with van der Waals surface area (Å²) < 4.78 is 0. The van der Waals surface area contributed by atoms with E-state index in [-0.39, 0.29) is 12.3 Å². The van der Waals surface area contributed by atoms with Crippen molar-refractivity contribution in [2.75, 3.05) is 5.32 Å². The van der Waals surface area contributed by atoms with Crippen molar-refractivity contribution in [3.63, 3.8) is 0 Å². The number of aromatic nitrogens is 1. The van der Waals surface area contributed by atoms with E-state index in [1.165, 1.54) is 11.8 Å². The zero-order valence-electron chi connectivity index (χ0n) is 12.2. The van der Waals surface area contributed by atoms with Gasteiger partial charge in [0.25, 0.3) is 0 Å². The number of hydrogen-bond acceptors (Lipinski definition) is 5. The molecular formula is C17H15N3O2S. The number of carbonyl (C=O) groups is 2. The van der Waals surface area contributed by atoms with Crippen molar-refractivity contribution in [1.29, 1.82) is 0 Å².